The second kappa shape index (κ2) is 5.31. The summed E-state index contributed by atoms with van der Waals surface area (Å²) in [5, 5.41) is 0. The number of aryl methyl sites for hydroxylation is 1. The summed E-state index contributed by atoms with van der Waals surface area (Å²) >= 11 is 0. The number of nitrogens with two attached hydrogens (primary N) is 1. The summed E-state index contributed by atoms with van der Waals surface area (Å²) in [7, 11) is 0. The van der Waals surface area contributed by atoms with Gasteiger partial charge in [-0.2, -0.15) is 0 Å². The summed E-state index contributed by atoms with van der Waals surface area (Å²) in [4.78, 5) is 4.66. The molecule has 1 heterocycles. The number of imidazole rings is 1. The molecule has 3 heteroatoms. The van der Waals surface area contributed by atoms with Gasteiger partial charge in [0, 0.05) is 12.1 Å². The molecule has 2 aromatic rings. The van der Waals surface area contributed by atoms with Gasteiger partial charge in [-0.3, -0.25) is 0 Å². The Kier molecular flexibility index (Phi) is 3.51. The third-order valence-corrected chi connectivity index (χ3v) is 4.17. The van der Waals surface area contributed by atoms with Gasteiger partial charge in [-0.1, -0.05) is 37.6 Å². The Labute approximate surface area is 120 Å². The van der Waals surface area contributed by atoms with Gasteiger partial charge >= 0.3 is 0 Å². The van der Waals surface area contributed by atoms with Gasteiger partial charge in [0.15, 0.2) is 0 Å². The summed E-state index contributed by atoms with van der Waals surface area (Å²) in [5.74, 6) is 2.61. The van der Waals surface area contributed by atoms with Crippen molar-refractivity contribution in [2.45, 2.75) is 52.0 Å². The molecule has 1 saturated carbocycles. The van der Waals surface area contributed by atoms with E-state index in [1.807, 2.05) is 6.92 Å². The van der Waals surface area contributed by atoms with E-state index in [2.05, 4.69) is 40.7 Å². The number of anilines is 1. The van der Waals surface area contributed by atoms with Gasteiger partial charge in [-0.25, -0.2) is 4.98 Å². The topological polar surface area (TPSA) is 43.8 Å². The van der Waals surface area contributed by atoms with Crippen LogP contribution in [0, 0.1) is 6.92 Å². The molecule has 1 aromatic carbocycles. The molecule has 1 fully saturated rings. The maximum Gasteiger partial charge on any atom is 0.131 e. The van der Waals surface area contributed by atoms with Crippen LogP contribution < -0.4 is 5.73 Å². The highest BCUT2D eigenvalue weighted by molar-refractivity contribution is 5.71. The van der Waals surface area contributed by atoms with Crippen molar-refractivity contribution in [3.63, 3.8) is 0 Å². The molecule has 0 bridgehead atoms. The van der Waals surface area contributed by atoms with Gasteiger partial charge in [-0.15, -0.1) is 0 Å². The molecule has 3 rings (SSSR count). The second-order valence-electron chi connectivity index (χ2n) is 5.79. The average molecular weight is 269 g/mol. The fourth-order valence-electron chi connectivity index (χ4n) is 2.72. The highest BCUT2D eigenvalue weighted by atomic mass is 15.1. The van der Waals surface area contributed by atoms with Crippen LogP contribution in [0.5, 0.6) is 0 Å². The largest absolute Gasteiger partial charge is 0.383 e. The Hall–Kier alpha value is -1.77. The molecule has 3 nitrogen and oxygen atoms in total. The zero-order valence-corrected chi connectivity index (χ0v) is 12.4. The highest BCUT2D eigenvalue weighted by Gasteiger charge is 2.23. The molecule has 0 spiro atoms. The van der Waals surface area contributed by atoms with Crippen LogP contribution in [0.1, 0.15) is 49.9 Å². The molecule has 0 amide bonds. The van der Waals surface area contributed by atoms with E-state index in [-0.39, 0.29) is 0 Å². The van der Waals surface area contributed by atoms with E-state index in [1.165, 1.54) is 24.8 Å². The molecule has 0 atom stereocenters. The minimum atomic E-state index is 0.797. The smallest absolute Gasteiger partial charge is 0.131 e. The SMILES string of the molecule is CCCCn1c(C)nc(-c2ccc(C3CC3)cc2)c1N. The lowest BCUT2D eigenvalue weighted by molar-refractivity contribution is 0.622. The molecule has 20 heavy (non-hydrogen) atoms. The monoisotopic (exact) mass is 269 g/mol. The van der Waals surface area contributed by atoms with Crippen molar-refractivity contribution in [2.75, 3.05) is 5.73 Å². The first-order valence-corrected chi connectivity index (χ1v) is 7.63. The van der Waals surface area contributed by atoms with Gasteiger partial charge in [0.2, 0.25) is 0 Å². The maximum atomic E-state index is 6.29. The minimum absolute atomic E-state index is 0.797. The first-order valence-electron chi connectivity index (χ1n) is 7.63. The van der Waals surface area contributed by atoms with Crippen LogP contribution in [0.3, 0.4) is 0 Å². The van der Waals surface area contributed by atoms with E-state index < -0.39 is 0 Å². The van der Waals surface area contributed by atoms with Crippen molar-refractivity contribution in [3.8, 4) is 11.3 Å². The van der Waals surface area contributed by atoms with Crippen LogP contribution >= 0.6 is 0 Å². The summed E-state index contributed by atoms with van der Waals surface area (Å²) in [6.45, 7) is 5.19. The lowest BCUT2D eigenvalue weighted by Crippen LogP contribution is -2.04. The second-order valence-corrected chi connectivity index (χ2v) is 5.79. The van der Waals surface area contributed by atoms with E-state index in [4.69, 9.17) is 5.73 Å². The van der Waals surface area contributed by atoms with Gasteiger partial charge in [0.25, 0.3) is 0 Å². The molecule has 2 N–H and O–H groups in total. The number of benzene rings is 1. The van der Waals surface area contributed by atoms with E-state index in [1.54, 1.807) is 0 Å². The third-order valence-electron chi connectivity index (χ3n) is 4.17. The van der Waals surface area contributed by atoms with Crippen LogP contribution in [0.25, 0.3) is 11.3 Å². The summed E-state index contributed by atoms with van der Waals surface area (Å²) in [5.41, 5.74) is 9.80. The quantitative estimate of drug-likeness (QED) is 0.887. The van der Waals surface area contributed by atoms with Crippen LogP contribution in [0.4, 0.5) is 5.82 Å². The van der Waals surface area contributed by atoms with Crippen molar-refractivity contribution in [3.05, 3.63) is 35.7 Å². The summed E-state index contributed by atoms with van der Waals surface area (Å²) in [6.07, 6.45) is 4.99. The number of unbranched alkanes of at least 4 members (excludes halogenated alkanes) is 1. The minimum Gasteiger partial charge on any atom is -0.383 e. The average Bonchev–Trinajstić information content (AvgIpc) is 3.26. The van der Waals surface area contributed by atoms with E-state index >= 15 is 0 Å². The van der Waals surface area contributed by atoms with Crippen molar-refractivity contribution in [1.82, 2.24) is 9.55 Å². The van der Waals surface area contributed by atoms with Gasteiger partial charge < -0.3 is 10.3 Å². The fraction of sp³-hybridized carbons (Fsp3) is 0.471. The molecular weight excluding hydrogens is 246 g/mol. The number of hydrogen-bond acceptors (Lipinski definition) is 2. The Bertz CT molecular complexity index is 591. The van der Waals surface area contributed by atoms with Crippen molar-refractivity contribution in [1.29, 1.82) is 0 Å². The summed E-state index contributed by atoms with van der Waals surface area (Å²) in [6, 6.07) is 8.78. The lowest BCUT2D eigenvalue weighted by Gasteiger charge is -2.07. The number of rotatable bonds is 5. The molecule has 1 aliphatic carbocycles. The molecule has 106 valence electrons. The van der Waals surface area contributed by atoms with Gasteiger partial charge in [0.05, 0.1) is 0 Å². The van der Waals surface area contributed by atoms with Crippen LogP contribution in [-0.2, 0) is 6.54 Å². The zero-order chi connectivity index (χ0) is 14.1. The van der Waals surface area contributed by atoms with E-state index in [9.17, 15) is 0 Å². The molecular formula is C17H23N3. The van der Waals surface area contributed by atoms with Gasteiger partial charge in [0.1, 0.15) is 17.3 Å². The maximum absolute atomic E-state index is 6.29. The number of nitrogen functional groups attached to an aromatic ring is 1. The Morgan fingerprint density at radius 3 is 2.55 bits per heavy atom. The molecule has 0 radical (unpaired) electrons. The number of aromatic nitrogens is 2. The van der Waals surface area contributed by atoms with Crippen molar-refractivity contribution < 1.29 is 0 Å². The molecule has 1 aliphatic rings. The Morgan fingerprint density at radius 1 is 1.25 bits per heavy atom. The highest BCUT2D eigenvalue weighted by Crippen LogP contribution is 2.40. The standard InChI is InChI=1S/C17H23N3/c1-3-4-11-20-12(2)19-16(17(20)18)15-9-7-14(8-10-15)13-5-6-13/h7-10,13H,3-6,11,18H2,1-2H3. The van der Waals surface area contributed by atoms with Crippen molar-refractivity contribution in [2.24, 2.45) is 0 Å². The molecule has 0 saturated heterocycles. The predicted octanol–water partition coefficient (Wildman–Crippen LogP) is 4.12. The third kappa shape index (κ3) is 2.45. The fourth-order valence-corrected chi connectivity index (χ4v) is 2.72. The van der Waals surface area contributed by atoms with E-state index in [0.29, 0.717) is 0 Å². The first kappa shape index (κ1) is 13.2. The van der Waals surface area contributed by atoms with Crippen LogP contribution in [-0.4, -0.2) is 9.55 Å². The lowest BCUT2D eigenvalue weighted by atomic mass is 10.1. The van der Waals surface area contributed by atoms with E-state index in [0.717, 1.165) is 41.8 Å². The van der Waals surface area contributed by atoms with Crippen LogP contribution in [0.15, 0.2) is 24.3 Å². The number of nitrogens with zero attached hydrogens (tertiary/aromatic N) is 2. The molecule has 0 aliphatic heterocycles. The Morgan fingerprint density at radius 2 is 1.95 bits per heavy atom. The molecule has 0 unspecified atom stereocenters. The molecule has 1 aromatic heterocycles. The Balaban J connectivity index is 1.89. The van der Waals surface area contributed by atoms with Gasteiger partial charge in [-0.05, 0) is 37.7 Å². The normalized spacial score (nSPS) is 14.7. The zero-order valence-electron chi connectivity index (χ0n) is 12.4. The summed E-state index contributed by atoms with van der Waals surface area (Å²) < 4.78 is 2.13. The van der Waals surface area contributed by atoms with Crippen molar-refractivity contribution >= 4 is 5.82 Å². The van der Waals surface area contributed by atoms with Crippen LogP contribution in [0.2, 0.25) is 0 Å². The number of hydrogen-bond donors (Lipinski definition) is 1. The first-order chi connectivity index (χ1) is 9.70. The predicted molar refractivity (Wildman–Crippen MR) is 83.7 cm³/mol.